The molecule has 3 N–H and O–H groups in total. The Balaban J connectivity index is 0.00000243. The van der Waals surface area contributed by atoms with Crippen molar-refractivity contribution in [2.75, 3.05) is 16.8 Å². The lowest BCUT2D eigenvalue weighted by molar-refractivity contribution is -0.115. The van der Waals surface area contributed by atoms with Crippen LogP contribution in [-0.4, -0.2) is 20.1 Å². The first-order chi connectivity index (χ1) is 11.8. The molecule has 0 bridgehead atoms. The topological polar surface area (TPSA) is 89.3 Å². The van der Waals surface area contributed by atoms with Crippen molar-refractivity contribution >= 4 is 39.5 Å². The van der Waals surface area contributed by atoms with Crippen molar-refractivity contribution in [2.45, 2.75) is 37.5 Å². The summed E-state index contributed by atoms with van der Waals surface area (Å²) in [5, 5.41) is 2.73. The lowest BCUT2D eigenvalue weighted by Crippen LogP contribution is -2.18. The number of nitrogens with two attached hydrogens (primary N) is 1. The van der Waals surface area contributed by atoms with Gasteiger partial charge in [0.25, 0.3) is 0 Å². The number of anilines is 2. The molecule has 1 amide bonds. The first-order valence-corrected chi connectivity index (χ1v) is 10.0. The fourth-order valence-corrected chi connectivity index (χ4v) is 4.36. The van der Waals surface area contributed by atoms with Crippen LogP contribution in [0.4, 0.5) is 11.4 Å². The molecule has 0 aromatic heterocycles. The summed E-state index contributed by atoms with van der Waals surface area (Å²) >= 11 is 0. The highest BCUT2D eigenvalue weighted by atomic mass is 35.5. The highest BCUT2D eigenvalue weighted by Gasteiger charge is 2.20. The Labute approximate surface area is 160 Å². The van der Waals surface area contributed by atoms with Crippen LogP contribution in [0.3, 0.4) is 0 Å². The minimum absolute atomic E-state index is 0. The Hall–Kier alpha value is -2.05. The summed E-state index contributed by atoms with van der Waals surface area (Å²) in [6.07, 6.45) is 2.92. The van der Waals surface area contributed by atoms with Crippen molar-refractivity contribution in [1.29, 1.82) is 0 Å². The summed E-state index contributed by atoms with van der Waals surface area (Å²) < 4.78 is 25.0. The van der Waals surface area contributed by atoms with Gasteiger partial charge in [0.2, 0.25) is 5.91 Å². The largest absolute Gasteiger partial charge is 0.399 e. The third-order valence-corrected chi connectivity index (χ3v) is 6.28. The van der Waals surface area contributed by atoms with Crippen LogP contribution in [0.15, 0.2) is 41.3 Å². The van der Waals surface area contributed by atoms with Gasteiger partial charge in [0.1, 0.15) is 0 Å². The average Bonchev–Trinajstić information content (AvgIpc) is 3.04. The molecule has 5 nitrogen and oxygen atoms in total. The van der Waals surface area contributed by atoms with Gasteiger partial charge < -0.3 is 11.1 Å². The van der Waals surface area contributed by atoms with Gasteiger partial charge >= 0.3 is 0 Å². The molecule has 0 spiro atoms. The van der Waals surface area contributed by atoms with E-state index in [0.29, 0.717) is 16.3 Å². The Morgan fingerprint density at radius 2 is 1.85 bits per heavy atom. The average molecular weight is 395 g/mol. The van der Waals surface area contributed by atoms with Gasteiger partial charge in [0.15, 0.2) is 9.84 Å². The fourth-order valence-electron chi connectivity index (χ4n) is 3.07. The van der Waals surface area contributed by atoms with Gasteiger partial charge in [0, 0.05) is 17.8 Å². The number of hydrogen-bond acceptors (Lipinski definition) is 4. The van der Waals surface area contributed by atoms with E-state index >= 15 is 0 Å². The minimum atomic E-state index is -3.47. The molecule has 140 valence electrons. The predicted molar refractivity (Wildman–Crippen MR) is 107 cm³/mol. The molecular formula is C19H23ClN2O3S. The minimum Gasteiger partial charge on any atom is -0.399 e. The number of carbonyl (C=O) groups excluding carboxylic acids is 1. The number of rotatable bonds is 5. The van der Waals surface area contributed by atoms with Crippen molar-refractivity contribution in [3.05, 3.63) is 53.1 Å². The highest BCUT2D eigenvalue weighted by molar-refractivity contribution is 7.91. The summed E-state index contributed by atoms with van der Waals surface area (Å²) in [6.45, 7) is 1.86. The lowest BCUT2D eigenvalue weighted by Gasteiger charge is -2.10. The number of amides is 1. The summed E-state index contributed by atoms with van der Waals surface area (Å²) in [5.74, 6) is -0.544. The van der Waals surface area contributed by atoms with Gasteiger partial charge in [-0.3, -0.25) is 4.79 Å². The molecule has 0 saturated carbocycles. The molecule has 0 saturated heterocycles. The van der Waals surface area contributed by atoms with Crippen molar-refractivity contribution in [1.82, 2.24) is 0 Å². The molecule has 0 fully saturated rings. The highest BCUT2D eigenvalue weighted by Crippen LogP contribution is 2.25. The lowest BCUT2D eigenvalue weighted by atomic mass is 10.1. The normalized spacial score (nSPS) is 13.0. The van der Waals surface area contributed by atoms with Crippen molar-refractivity contribution in [2.24, 2.45) is 0 Å². The van der Waals surface area contributed by atoms with Crippen LogP contribution in [0.25, 0.3) is 0 Å². The first kappa shape index (κ1) is 20.3. The number of sulfone groups is 1. The predicted octanol–water partition coefficient (Wildman–Crippen LogP) is 3.29. The third kappa shape index (κ3) is 4.56. The van der Waals surface area contributed by atoms with E-state index in [0.717, 1.165) is 30.4 Å². The van der Waals surface area contributed by atoms with Gasteiger partial charge in [-0.1, -0.05) is 12.1 Å². The molecule has 0 heterocycles. The number of hydrogen-bond donors (Lipinski definition) is 2. The van der Waals surface area contributed by atoms with E-state index < -0.39 is 9.84 Å². The fraction of sp³-hybridized carbons (Fsp3) is 0.316. The standard InChI is InChI=1S/C19H22N2O3S.ClH/c1-13-5-7-16(20)12-18(13)21-19(22)9-10-25(23,24)17-8-6-14-3-2-4-15(14)11-17;/h5-8,11-12H,2-4,9-10,20H2,1H3,(H,21,22);1H. The number of aryl methyl sites for hydroxylation is 3. The monoisotopic (exact) mass is 394 g/mol. The number of halogens is 1. The Morgan fingerprint density at radius 1 is 1.12 bits per heavy atom. The van der Waals surface area contributed by atoms with Crippen LogP contribution in [-0.2, 0) is 27.5 Å². The van der Waals surface area contributed by atoms with E-state index in [1.807, 2.05) is 19.1 Å². The van der Waals surface area contributed by atoms with Crippen LogP contribution < -0.4 is 11.1 Å². The number of fused-ring (bicyclic) bond motifs is 1. The molecule has 7 heteroatoms. The zero-order valence-electron chi connectivity index (χ0n) is 14.6. The molecule has 2 aromatic rings. The molecule has 1 aliphatic carbocycles. The van der Waals surface area contributed by atoms with Gasteiger partial charge in [-0.25, -0.2) is 8.42 Å². The van der Waals surface area contributed by atoms with E-state index in [1.165, 1.54) is 5.56 Å². The Bertz CT molecular complexity index is 926. The second-order valence-electron chi connectivity index (χ2n) is 6.48. The summed E-state index contributed by atoms with van der Waals surface area (Å²) in [4.78, 5) is 12.4. The number of nitrogen functional groups attached to an aromatic ring is 1. The van der Waals surface area contributed by atoms with E-state index in [9.17, 15) is 13.2 Å². The Morgan fingerprint density at radius 3 is 2.62 bits per heavy atom. The molecular weight excluding hydrogens is 372 g/mol. The maximum Gasteiger partial charge on any atom is 0.225 e. The summed E-state index contributed by atoms with van der Waals surface area (Å²) in [5.41, 5.74) is 10.1. The van der Waals surface area contributed by atoms with Gasteiger partial charge in [-0.2, -0.15) is 0 Å². The van der Waals surface area contributed by atoms with Gasteiger partial charge in [0.05, 0.1) is 10.6 Å². The van der Waals surface area contributed by atoms with Gasteiger partial charge in [-0.15, -0.1) is 12.4 Å². The zero-order chi connectivity index (χ0) is 18.0. The smallest absolute Gasteiger partial charge is 0.225 e. The van der Waals surface area contributed by atoms with E-state index in [1.54, 1.807) is 24.3 Å². The maximum absolute atomic E-state index is 12.5. The molecule has 0 aliphatic heterocycles. The zero-order valence-corrected chi connectivity index (χ0v) is 16.3. The number of benzene rings is 2. The molecule has 0 atom stereocenters. The van der Waals surface area contributed by atoms with Crippen LogP contribution in [0.1, 0.15) is 29.5 Å². The van der Waals surface area contributed by atoms with Gasteiger partial charge in [-0.05, 0) is 67.1 Å². The van der Waals surface area contributed by atoms with E-state index in [4.69, 9.17) is 5.73 Å². The summed E-state index contributed by atoms with van der Waals surface area (Å²) in [6, 6.07) is 10.5. The maximum atomic E-state index is 12.5. The van der Waals surface area contributed by atoms with E-state index in [2.05, 4.69) is 5.32 Å². The van der Waals surface area contributed by atoms with Crippen LogP contribution >= 0.6 is 12.4 Å². The van der Waals surface area contributed by atoms with Crippen molar-refractivity contribution in [3.8, 4) is 0 Å². The second-order valence-corrected chi connectivity index (χ2v) is 8.58. The van der Waals surface area contributed by atoms with Crippen molar-refractivity contribution in [3.63, 3.8) is 0 Å². The molecule has 1 aliphatic rings. The molecule has 3 rings (SSSR count). The van der Waals surface area contributed by atoms with Crippen LogP contribution in [0, 0.1) is 6.92 Å². The van der Waals surface area contributed by atoms with Crippen LogP contribution in [0.5, 0.6) is 0 Å². The number of nitrogens with one attached hydrogen (secondary N) is 1. The number of carbonyl (C=O) groups is 1. The molecule has 2 aromatic carbocycles. The summed E-state index contributed by atoms with van der Waals surface area (Å²) in [7, 11) is -3.47. The van der Waals surface area contributed by atoms with Crippen molar-refractivity contribution < 1.29 is 13.2 Å². The first-order valence-electron chi connectivity index (χ1n) is 8.36. The second kappa shape index (κ2) is 8.10. The van der Waals surface area contributed by atoms with E-state index in [-0.39, 0.29) is 30.5 Å². The van der Waals surface area contributed by atoms with Crippen LogP contribution in [0.2, 0.25) is 0 Å². The molecule has 26 heavy (non-hydrogen) atoms. The Kier molecular flexibility index (Phi) is 6.31. The third-order valence-electron chi connectivity index (χ3n) is 4.56. The quantitative estimate of drug-likeness (QED) is 0.761. The SMILES string of the molecule is Cc1ccc(N)cc1NC(=O)CCS(=O)(=O)c1ccc2c(c1)CCC2.Cl. The molecule has 0 unspecified atom stereocenters. The molecule has 0 radical (unpaired) electrons.